The number of likely N-dealkylation sites (N-methyl/N-ethyl adjacent to an activating group) is 1. The van der Waals surface area contributed by atoms with E-state index in [9.17, 15) is 13.2 Å². The van der Waals surface area contributed by atoms with Gasteiger partial charge in [0.15, 0.2) is 0 Å². The molecular formula is C16H17BrN2O3S. The van der Waals surface area contributed by atoms with Crippen molar-refractivity contribution in [2.45, 2.75) is 6.04 Å². The van der Waals surface area contributed by atoms with E-state index in [1.165, 1.54) is 7.05 Å². The van der Waals surface area contributed by atoms with Gasteiger partial charge in [-0.05, 0) is 23.8 Å². The monoisotopic (exact) mass is 396 g/mol. The third-order valence-electron chi connectivity index (χ3n) is 3.34. The Bertz CT molecular complexity index is 794. The number of sulfonamides is 1. The maximum atomic E-state index is 12.7. The van der Waals surface area contributed by atoms with Gasteiger partial charge in [-0.3, -0.25) is 4.79 Å². The molecule has 122 valence electrons. The van der Waals surface area contributed by atoms with Gasteiger partial charge in [-0.25, -0.2) is 8.42 Å². The number of amides is 1. The molecule has 7 heteroatoms. The fourth-order valence-corrected chi connectivity index (χ4v) is 3.13. The zero-order valence-electron chi connectivity index (χ0n) is 12.7. The summed E-state index contributed by atoms with van der Waals surface area (Å²) in [6, 6.07) is 15.0. The predicted molar refractivity (Wildman–Crippen MR) is 94.6 cm³/mol. The summed E-state index contributed by atoms with van der Waals surface area (Å²) in [4.78, 5) is 12.7. The summed E-state index contributed by atoms with van der Waals surface area (Å²) in [6.45, 7) is 0. The number of halogens is 1. The van der Waals surface area contributed by atoms with E-state index in [0.717, 1.165) is 15.0 Å². The van der Waals surface area contributed by atoms with Crippen molar-refractivity contribution in [1.82, 2.24) is 4.31 Å². The second-order valence-corrected chi connectivity index (χ2v) is 8.05. The van der Waals surface area contributed by atoms with E-state index >= 15 is 0 Å². The molecule has 0 saturated carbocycles. The molecule has 0 aromatic heterocycles. The Morgan fingerprint density at radius 1 is 1.13 bits per heavy atom. The van der Waals surface area contributed by atoms with Gasteiger partial charge in [0.05, 0.1) is 6.26 Å². The summed E-state index contributed by atoms with van der Waals surface area (Å²) in [5.41, 5.74) is 1.19. The standard InChI is InChI=1S/C16H17BrN2O3S/c1-19(23(2,21)22)15(12-7-4-3-5-8-12)16(20)18-14-10-6-9-13(17)11-14/h3-11,15H,1-2H3,(H,18,20)/t15-/m0/s1. The van der Waals surface area contributed by atoms with Crippen molar-refractivity contribution in [3.8, 4) is 0 Å². The number of carbonyl (C=O) groups excluding carboxylic acids is 1. The molecule has 0 fully saturated rings. The van der Waals surface area contributed by atoms with Crippen molar-refractivity contribution in [1.29, 1.82) is 0 Å². The Hall–Kier alpha value is -1.70. The molecular weight excluding hydrogens is 380 g/mol. The average molecular weight is 397 g/mol. The normalized spacial score (nSPS) is 12.9. The minimum atomic E-state index is -3.53. The summed E-state index contributed by atoms with van der Waals surface area (Å²) in [5.74, 6) is -0.415. The molecule has 0 spiro atoms. The van der Waals surface area contributed by atoms with Gasteiger partial charge < -0.3 is 5.32 Å². The van der Waals surface area contributed by atoms with E-state index in [1.54, 1.807) is 42.5 Å². The van der Waals surface area contributed by atoms with Gasteiger partial charge in [0.2, 0.25) is 15.9 Å². The molecule has 5 nitrogen and oxygen atoms in total. The highest BCUT2D eigenvalue weighted by atomic mass is 79.9. The molecule has 0 saturated heterocycles. The van der Waals surface area contributed by atoms with Crippen LogP contribution in [-0.4, -0.2) is 31.9 Å². The molecule has 1 atom stereocenters. The van der Waals surface area contributed by atoms with Crippen LogP contribution in [0.3, 0.4) is 0 Å². The van der Waals surface area contributed by atoms with Gasteiger partial charge in [-0.2, -0.15) is 4.31 Å². The van der Waals surface area contributed by atoms with Crippen LogP contribution in [-0.2, 0) is 14.8 Å². The van der Waals surface area contributed by atoms with Crippen molar-refractivity contribution < 1.29 is 13.2 Å². The average Bonchev–Trinajstić information content (AvgIpc) is 2.47. The summed E-state index contributed by atoms with van der Waals surface area (Å²) in [5, 5.41) is 2.76. The minimum absolute atomic E-state index is 0.415. The van der Waals surface area contributed by atoms with Crippen molar-refractivity contribution in [3.63, 3.8) is 0 Å². The van der Waals surface area contributed by atoms with Crippen LogP contribution in [0.4, 0.5) is 5.69 Å². The first-order valence-corrected chi connectivity index (χ1v) is 9.47. The van der Waals surface area contributed by atoms with Gasteiger partial charge >= 0.3 is 0 Å². The molecule has 0 aliphatic carbocycles. The number of benzene rings is 2. The fourth-order valence-electron chi connectivity index (χ4n) is 2.13. The van der Waals surface area contributed by atoms with Gasteiger partial charge in [0.1, 0.15) is 6.04 Å². The predicted octanol–water partition coefficient (Wildman–Crippen LogP) is 3.02. The molecule has 1 N–H and O–H groups in total. The Morgan fingerprint density at radius 2 is 1.78 bits per heavy atom. The van der Waals surface area contributed by atoms with E-state index in [4.69, 9.17) is 0 Å². The van der Waals surface area contributed by atoms with Crippen LogP contribution in [0.5, 0.6) is 0 Å². The molecule has 2 rings (SSSR count). The highest BCUT2D eigenvalue weighted by Crippen LogP contribution is 2.24. The molecule has 0 radical (unpaired) electrons. The first-order chi connectivity index (χ1) is 10.8. The van der Waals surface area contributed by atoms with E-state index in [2.05, 4.69) is 21.2 Å². The van der Waals surface area contributed by atoms with Crippen LogP contribution >= 0.6 is 15.9 Å². The lowest BCUT2D eigenvalue weighted by Crippen LogP contribution is -2.38. The fraction of sp³-hybridized carbons (Fsp3) is 0.188. The lowest BCUT2D eigenvalue weighted by Gasteiger charge is -2.25. The maximum absolute atomic E-state index is 12.7. The quantitative estimate of drug-likeness (QED) is 0.844. The lowest BCUT2D eigenvalue weighted by atomic mass is 10.1. The largest absolute Gasteiger partial charge is 0.324 e. The second-order valence-electron chi connectivity index (χ2n) is 5.09. The third kappa shape index (κ3) is 4.63. The van der Waals surface area contributed by atoms with Crippen molar-refractivity contribution in [3.05, 3.63) is 64.6 Å². The second kappa shape index (κ2) is 7.25. The number of nitrogens with zero attached hydrogens (tertiary/aromatic N) is 1. The molecule has 0 aliphatic heterocycles. The lowest BCUT2D eigenvalue weighted by molar-refractivity contribution is -0.119. The van der Waals surface area contributed by atoms with Gasteiger partial charge in [0.25, 0.3) is 0 Å². The summed E-state index contributed by atoms with van der Waals surface area (Å²) >= 11 is 3.34. The van der Waals surface area contributed by atoms with Crippen molar-refractivity contribution in [2.24, 2.45) is 0 Å². The van der Waals surface area contributed by atoms with Crippen molar-refractivity contribution >= 4 is 37.5 Å². The zero-order chi connectivity index (χ0) is 17.0. The number of rotatable bonds is 5. The molecule has 2 aromatic carbocycles. The van der Waals surface area contributed by atoms with E-state index in [0.29, 0.717) is 11.3 Å². The number of carbonyl (C=O) groups is 1. The number of nitrogens with one attached hydrogen (secondary N) is 1. The van der Waals surface area contributed by atoms with E-state index in [1.807, 2.05) is 12.1 Å². The number of anilines is 1. The van der Waals surface area contributed by atoms with Crippen LogP contribution in [0.15, 0.2) is 59.1 Å². The Kier molecular flexibility index (Phi) is 5.56. The first kappa shape index (κ1) is 17.7. The van der Waals surface area contributed by atoms with Crippen LogP contribution in [0.2, 0.25) is 0 Å². The minimum Gasteiger partial charge on any atom is -0.324 e. The molecule has 0 aliphatic rings. The van der Waals surface area contributed by atoms with Crippen LogP contribution < -0.4 is 5.32 Å². The Balaban J connectivity index is 2.35. The maximum Gasteiger partial charge on any atom is 0.247 e. The van der Waals surface area contributed by atoms with Crippen LogP contribution in [0, 0.1) is 0 Å². The van der Waals surface area contributed by atoms with E-state index in [-0.39, 0.29) is 0 Å². The highest BCUT2D eigenvalue weighted by Gasteiger charge is 2.30. The molecule has 2 aromatic rings. The van der Waals surface area contributed by atoms with Gasteiger partial charge in [-0.15, -0.1) is 0 Å². The number of hydrogen-bond donors (Lipinski definition) is 1. The van der Waals surface area contributed by atoms with Crippen LogP contribution in [0.1, 0.15) is 11.6 Å². The first-order valence-electron chi connectivity index (χ1n) is 6.83. The SMILES string of the molecule is CN([C@H](C(=O)Nc1cccc(Br)c1)c1ccccc1)S(C)(=O)=O. The molecule has 0 heterocycles. The molecule has 0 unspecified atom stereocenters. The molecule has 23 heavy (non-hydrogen) atoms. The van der Waals surface area contributed by atoms with Crippen LogP contribution in [0.25, 0.3) is 0 Å². The smallest absolute Gasteiger partial charge is 0.247 e. The van der Waals surface area contributed by atoms with Gasteiger partial charge in [-0.1, -0.05) is 52.3 Å². The Morgan fingerprint density at radius 3 is 2.35 bits per heavy atom. The summed E-state index contributed by atoms with van der Waals surface area (Å²) < 4.78 is 25.7. The molecule has 1 amide bonds. The van der Waals surface area contributed by atoms with Gasteiger partial charge in [0, 0.05) is 17.2 Å². The number of hydrogen-bond acceptors (Lipinski definition) is 3. The topological polar surface area (TPSA) is 66.5 Å². The highest BCUT2D eigenvalue weighted by molar-refractivity contribution is 9.10. The third-order valence-corrected chi connectivity index (χ3v) is 5.09. The molecule has 0 bridgehead atoms. The van der Waals surface area contributed by atoms with E-state index < -0.39 is 22.0 Å². The van der Waals surface area contributed by atoms with Crippen molar-refractivity contribution in [2.75, 3.05) is 18.6 Å². The Labute approximate surface area is 144 Å². The summed E-state index contributed by atoms with van der Waals surface area (Å²) in [7, 11) is -2.14. The summed E-state index contributed by atoms with van der Waals surface area (Å²) in [6.07, 6.45) is 1.08. The zero-order valence-corrected chi connectivity index (χ0v) is 15.1.